The number of carboxylic acids is 2. The van der Waals surface area contributed by atoms with Crippen LogP contribution >= 0.6 is 0 Å². The average Bonchev–Trinajstić information content (AvgIpc) is 2.28. The fraction of sp³-hybridized carbons (Fsp3) is 0.800. The first kappa shape index (κ1) is 12.0. The van der Waals surface area contributed by atoms with Crippen LogP contribution in [0.5, 0.6) is 0 Å². The van der Waals surface area contributed by atoms with Crippen LogP contribution in [0.25, 0.3) is 0 Å². The summed E-state index contributed by atoms with van der Waals surface area (Å²) < 4.78 is 0. The zero-order valence-electron chi connectivity index (χ0n) is 9.20. The van der Waals surface area contributed by atoms with Gasteiger partial charge in [-0.3, -0.25) is 9.59 Å². The SMILES string of the molecule is CC1(C(=O)O)CCC(N)(C(=O)O)C1(C)C. The Kier molecular flexibility index (Phi) is 2.35. The molecule has 0 heterocycles. The monoisotopic (exact) mass is 215 g/mol. The van der Waals surface area contributed by atoms with Gasteiger partial charge in [0, 0.05) is 5.41 Å². The normalized spacial score (nSPS) is 38.9. The summed E-state index contributed by atoms with van der Waals surface area (Å²) in [4.78, 5) is 22.3. The zero-order valence-corrected chi connectivity index (χ0v) is 9.20. The quantitative estimate of drug-likeness (QED) is 0.628. The van der Waals surface area contributed by atoms with Gasteiger partial charge in [0.25, 0.3) is 0 Å². The molecule has 15 heavy (non-hydrogen) atoms. The molecule has 1 aliphatic rings. The largest absolute Gasteiger partial charge is 0.481 e. The Balaban J connectivity index is 3.26. The predicted molar refractivity (Wildman–Crippen MR) is 53.3 cm³/mol. The summed E-state index contributed by atoms with van der Waals surface area (Å²) in [6, 6.07) is 0. The van der Waals surface area contributed by atoms with E-state index in [2.05, 4.69) is 0 Å². The first-order valence-electron chi connectivity index (χ1n) is 4.85. The molecule has 0 spiro atoms. The second kappa shape index (κ2) is 2.95. The van der Waals surface area contributed by atoms with Crippen LogP contribution < -0.4 is 5.73 Å². The minimum Gasteiger partial charge on any atom is -0.481 e. The Morgan fingerprint density at radius 1 is 1.07 bits per heavy atom. The van der Waals surface area contributed by atoms with E-state index >= 15 is 0 Å². The molecule has 2 unspecified atom stereocenters. The van der Waals surface area contributed by atoms with Crippen LogP contribution in [0.2, 0.25) is 0 Å². The number of rotatable bonds is 2. The highest BCUT2D eigenvalue weighted by Crippen LogP contribution is 2.57. The number of hydrogen-bond acceptors (Lipinski definition) is 3. The first-order valence-corrected chi connectivity index (χ1v) is 4.85. The van der Waals surface area contributed by atoms with Crippen molar-refractivity contribution in [2.45, 2.75) is 39.2 Å². The summed E-state index contributed by atoms with van der Waals surface area (Å²) in [6.45, 7) is 4.79. The van der Waals surface area contributed by atoms with Gasteiger partial charge >= 0.3 is 11.9 Å². The molecule has 0 radical (unpaired) electrons. The topological polar surface area (TPSA) is 101 Å². The summed E-state index contributed by atoms with van der Waals surface area (Å²) in [7, 11) is 0. The Bertz CT molecular complexity index is 295. The molecule has 0 aromatic rings. The van der Waals surface area contributed by atoms with E-state index in [1.807, 2.05) is 0 Å². The third-order valence-electron chi connectivity index (χ3n) is 4.37. The molecule has 0 bridgehead atoms. The highest BCUT2D eigenvalue weighted by molar-refractivity contribution is 5.85. The van der Waals surface area contributed by atoms with Crippen molar-refractivity contribution in [2.24, 2.45) is 16.6 Å². The van der Waals surface area contributed by atoms with Crippen molar-refractivity contribution >= 4 is 11.9 Å². The van der Waals surface area contributed by atoms with Gasteiger partial charge in [0.2, 0.25) is 0 Å². The van der Waals surface area contributed by atoms with E-state index in [1.165, 1.54) is 0 Å². The van der Waals surface area contributed by atoms with Crippen LogP contribution in [0.15, 0.2) is 0 Å². The van der Waals surface area contributed by atoms with Crippen molar-refractivity contribution in [3.63, 3.8) is 0 Å². The highest BCUT2D eigenvalue weighted by Gasteiger charge is 2.65. The molecule has 5 nitrogen and oxygen atoms in total. The molecule has 1 rings (SSSR count). The third-order valence-corrected chi connectivity index (χ3v) is 4.37. The number of carboxylic acid groups (broad SMARTS) is 2. The van der Waals surface area contributed by atoms with E-state index in [9.17, 15) is 14.7 Å². The number of carbonyl (C=O) groups is 2. The molecule has 0 aromatic heterocycles. The van der Waals surface area contributed by atoms with Crippen LogP contribution in [0.1, 0.15) is 33.6 Å². The zero-order chi connectivity index (χ0) is 12.1. The van der Waals surface area contributed by atoms with Gasteiger partial charge in [0.05, 0.1) is 5.41 Å². The molecule has 5 heteroatoms. The molecule has 1 fully saturated rings. The lowest BCUT2D eigenvalue weighted by Crippen LogP contribution is -2.60. The maximum atomic E-state index is 11.2. The van der Waals surface area contributed by atoms with Crippen molar-refractivity contribution in [2.75, 3.05) is 0 Å². The van der Waals surface area contributed by atoms with E-state index in [1.54, 1.807) is 20.8 Å². The van der Waals surface area contributed by atoms with Gasteiger partial charge < -0.3 is 15.9 Å². The average molecular weight is 215 g/mol. The van der Waals surface area contributed by atoms with Gasteiger partial charge in [-0.25, -0.2) is 0 Å². The number of nitrogens with two attached hydrogens (primary N) is 1. The van der Waals surface area contributed by atoms with Crippen molar-refractivity contribution in [3.8, 4) is 0 Å². The number of aliphatic carboxylic acids is 2. The molecule has 0 amide bonds. The Morgan fingerprint density at radius 3 is 1.73 bits per heavy atom. The molecule has 0 aromatic carbocycles. The van der Waals surface area contributed by atoms with Crippen LogP contribution in [-0.2, 0) is 9.59 Å². The van der Waals surface area contributed by atoms with Gasteiger partial charge in [-0.15, -0.1) is 0 Å². The summed E-state index contributed by atoms with van der Waals surface area (Å²) in [5, 5.41) is 18.3. The summed E-state index contributed by atoms with van der Waals surface area (Å²) in [5.41, 5.74) is 2.31. The lowest BCUT2D eigenvalue weighted by molar-refractivity contribution is -0.159. The predicted octanol–water partition coefficient (Wildman–Crippen LogP) is 0.679. The molecule has 0 saturated heterocycles. The molecule has 4 N–H and O–H groups in total. The molecule has 86 valence electrons. The van der Waals surface area contributed by atoms with Crippen LogP contribution in [-0.4, -0.2) is 27.7 Å². The minimum atomic E-state index is -1.46. The van der Waals surface area contributed by atoms with E-state index in [0.29, 0.717) is 0 Å². The van der Waals surface area contributed by atoms with E-state index in [4.69, 9.17) is 10.8 Å². The summed E-state index contributed by atoms with van der Waals surface area (Å²) >= 11 is 0. The molecule has 1 aliphatic carbocycles. The third kappa shape index (κ3) is 1.19. The molecule has 0 aliphatic heterocycles. The van der Waals surface area contributed by atoms with Crippen LogP contribution in [0, 0.1) is 10.8 Å². The molecule has 1 saturated carbocycles. The van der Waals surface area contributed by atoms with Crippen LogP contribution in [0.4, 0.5) is 0 Å². The maximum absolute atomic E-state index is 11.2. The summed E-state index contributed by atoms with van der Waals surface area (Å²) in [5.74, 6) is -2.11. The fourth-order valence-corrected chi connectivity index (χ4v) is 2.31. The number of hydrogen-bond donors (Lipinski definition) is 3. The lowest BCUT2D eigenvalue weighted by atomic mass is 9.63. The van der Waals surface area contributed by atoms with E-state index < -0.39 is 28.3 Å². The van der Waals surface area contributed by atoms with Crippen molar-refractivity contribution in [1.29, 1.82) is 0 Å². The fourth-order valence-electron chi connectivity index (χ4n) is 2.31. The first-order chi connectivity index (χ1) is 6.59. The van der Waals surface area contributed by atoms with Gasteiger partial charge in [0.15, 0.2) is 0 Å². The Hall–Kier alpha value is -1.10. The van der Waals surface area contributed by atoms with Gasteiger partial charge in [-0.05, 0) is 19.8 Å². The van der Waals surface area contributed by atoms with Gasteiger partial charge in [-0.2, -0.15) is 0 Å². The van der Waals surface area contributed by atoms with Crippen molar-refractivity contribution in [1.82, 2.24) is 0 Å². The van der Waals surface area contributed by atoms with Crippen molar-refractivity contribution < 1.29 is 19.8 Å². The molecular weight excluding hydrogens is 198 g/mol. The standard InChI is InChI=1S/C10H17NO4/c1-8(2)9(3,6(12)13)4-5-10(8,11)7(14)15/h4-5,11H2,1-3H3,(H,12,13)(H,14,15). The van der Waals surface area contributed by atoms with E-state index in [0.717, 1.165) is 0 Å². The lowest BCUT2D eigenvalue weighted by Gasteiger charge is -2.42. The molecular formula is C10H17NO4. The van der Waals surface area contributed by atoms with Crippen molar-refractivity contribution in [3.05, 3.63) is 0 Å². The Morgan fingerprint density at radius 2 is 1.53 bits per heavy atom. The second-order valence-electron chi connectivity index (χ2n) is 5.04. The second-order valence-corrected chi connectivity index (χ2v) is 5.04. The summed E-state index contributed by atoms with van der Waals surface area (Å²) in [6.07, 6.45) is 0.482. The highest BCUT2D eigenvalue weighted by atomic mass is 16.4. The smallest absolute Gasteiger partial charge is 0.324 e. The Labute approximate surface area is 88.3 Å². The van der Waals surface area contributed by atoms with Gasteiger partial charge in [-0.1, -0.05) is 13.8 Å². The minimum absolute atomic E-state index is 0.193. The van der Waals surface area contributed by atoms with Gasteiger partial charge in [0.1, 0.15) is 5.54 Å². The maximum Gasteiger partial charge on any atom is 0.324 e. The van der Waals surface area contributed by atoms with Crippen LogP contribution in [0.3, 0.4) is 0 Å². The molecule has 2 atom stereocenters. The van der Waals surface area contributed by atoms with E-state index in [-0.39, 0.29) is 12.8 Å².